The van der Waals surface area contributed by atoms with Crippen LogP contribution in [0.2, 0.25) is 0 Å². The highest BCUT2D eigenvalue weighted by Crippen LogP contribution is 2.40. The van der Waals surface area contributed by atoms with Gasteiger partial charge >= 0.3 is 0 Å². The third-order valence-electron chi connectivity index (χ3n) is 6.05. The summed E-state index contributed by atoms with van der Waals surface area (Å²) in [6.07, 6.45) is 5.63. The van der Waals surface area contributed by atoms with E-state index in [4.69, 9.17) is 10.2 Å². The van der Waals surface area contributed by atoms with Crippen molar-refractivity contribution in [2.45, 2.75) is 50.7 Å². The first-order chi connectivity index (χ1) is 12.5. The minimum atomic E-state index is -0.0737. The van der Waals surface area contributed by atoms with Gasteiger partial charge in [-0.3, -0.25) is 4.79 Å². The Kier molecular flexibility index (Phi) is 4.76. The van der Waals surface area contributed by atoms with E-state index in [-0.39, 0.29) is 18.0 Å². The van der Waals surface area contributed by atoms with Crippen molar-refractivity contribution in [2.24, 2.45) is 17.6 Å². The fourth-order valence-electron chi connectivity index (χ4n) is 5.00. The lowest BCUT2D eigenvalue weighted by Crippen LogP contribution is -2.53. The molecule has 3 N–H and O–H groups in total. The van der Waals surface area contributed by atoms with Crippen LogP contribution in [0.3, 0.4) is 0 Å². The Labute approximate surface area is 154 Å². The van der Waals surface area contributed by atoms with Gasteiger partial charge in [-0.25, -0.2) is 0 Å². The molecule has 2 unspecified atom stereocenters. The average molecular weight is 355 g/mol. The third-order valence-corrected chi connectivity index (χ3v) is 6.05. The lowest BCUT2D eigenvalue weighted by molar-refractivity contribution is 0.0732. The van der Waals surface area contributed by atoms with Gasteiger partial charge in [0.05, 0.1) is 0 Å². The summed E-state index contributed by atoms with van der Waals surface area (Å²) in [5.41, 5.74) is 7.97. The Morgan fingerprint density at radius 2 is 1.92 bits per heavy atom. The number of amides is 1. The van der Waals surface area contributed by atoms with Crippen LogP contribution in [-0.2, 0) is 6.54 Å². The summed E-state index contributed by atoms with van der Waals surface area (Å²) in [4.78, 5) is 15.2. The number of furan rings is 1. The van der Waals surface area contributed by atoms with Crippen LogP contribution in [0.5, 0.6) is 0 Å². The topological polar surface area (TPSA) is 71.5 Å². The van der Waals surface area contributed by atoms with Gasteiger partial charge in [0, 0.05) is 29.6 Å². The van der Waals surface area contributed by atoms with E-state index in [1.54, 1.807) is 0 Å². The third kappa shape index (κ3) is 3.26. The van der Waals surface area contributed by atoms with Crippen molar-refractivity contribution >= 4 is 16.9 Å². The molecule has 140 valence electrons. The number of hydrogen-bond donors (Lipinski definition) is 2. The summed E-state index contributed by atoms with van der Waals surface area (Å²) < 4.78 is 5.98. The molecule has 2 aliphatic carbocycles. The highest BCUT2D eigenvalue weighted by Gasteiger charge is 2.40. The van der Waals surface area contributed by atoms with Crippen molar-refractivity contribution < 1.29 is 9.21 Å². The molecule has 1 aromatic carbocycles. The Balaban J connectivity index is 1.62. The molecular formula is C21H29N3O2. The van der Waals surface area contributed by atoms with Crippen LogP contribution in [-0.4, -0.2) is 37.0 Å². The monoisotopic (exact) mass is 355 g/mol. The number of hydrogen-bond acceptors (Lipinski definition) is 4. The second-order valence-electron chi connectivity index (χ2n) is 8.33. The van der Waals surface area contributed by atoms with Gasteiger partial charge in [0.2, 0.25) is 0 Å². The first-order valence-corrected chi connectivity index (χ1v) is 9.74. The maximum atomic E-state index is 13.1. The molecule has 0 saturated heterocycles. The molecule has 2 aromatic rings. The van der Waals surface area contributed by atoms with Crippen molar-refractivity contribution in [3.8, 4) is 0 Å². The van der Waals surface area contributed by atoms with E-state index in [1.807, 2.05) is 38.4 Å². The highest BCUT2D eigenvalue weighted by atomic mass is 16.3. The number of para-hydroxylation sites is 1. The second kappa shape index (κ2) is 7.05. The molecule has 5 heteroatoms. The number of carbonyl (C=O) groups is 1. The van der Waals surface area contributed by atoms with Crippen LogP contribution in [0.1, 0.15) is 48.2 Å². The van der Waals surface area contributed by atoms with E-state index in [2.05, 4.69) is 10.2 Å². The summed E-state index contributed by atoms with van der Waals surface area (Å²) in [6.45, 7) is 0.683. The SMILES string of the molecule is CN(C)Cc1c(C(=O)NC2C3CCCC2CC(N)C3)oc2ccccc12. The van der Waals surface area contributed by atoms with Gasteiger partial charge < -0.3 is 20.4 Å². The largest absolute Gasteiger partial charge is 0.451 e. The summed E-state index contributed by atoms with van der Waals surface area (Å²) in [6, 6.07) is 8.42. The van der Waals surface area contributed by atoms with Crippen molar-refractivity contribution in [3.05, 3.63) is 35.6 Å². The number of nitrogens with zero attached hydrogens (tertiary/aromatic N) is 1. The highest BCUT2D eigenvalue weighted by molar-refractivity contribution is 5.99. The molecule has 2 bridgehead atoms. The standard InChI is InChI=1S/C21H29N3O2/c1-24(2)12-17-16-8-3-4-9-18(16)26-20(17)21(25)23-19-13-6-5-7-14(19)11-15(22)10-13/h3-4,8-9,13-15,19H,5-7,10-12,22H2,1-2H3,(H,23,25). The van der Waals surface area contributed by atoms with Gasteiger partial charge in [-0.05, 0) is 57.7 Å². The number of rotatable bonds is 4. The van der Waals surface area contributed by atoms with Gasteiger partial charge in [0.25, 0.3) is 5.91 Å². The zero-order valence-electron chi connectivity index (χ0n) is 15.7. The Morgan fingerprint density at radius 1 is 1.23 bits per heavy atom. The summed E-state index contributed by atoms with van der Waals surface area (Å²) in [5, 5.41) is 4.35. The summed E-state index contributed by atoms with van der Waals surface area (Å²) >= 11 is 0. The van der Waals surface area contributed by atoms with Crippen LogP contribution in [0.25, 0.3) is 11.0 Å². The quantitative estimate of drug-likeness (QED) is 0.884. The average Bonchev–Trinajstić information content (AvgIpc) is 2.94. The molecule has 4 rings (SSSR count). The molecule has 5 nitrogen and oxygen atoms in total. The summed E-state index contributed by atoms with van der Waals surface area (Å²) in [5.74, 6) is 1.40. The van der Waals surface area contributed by atoms with E-state index >= 15 is 0 Å². The zero-order chi connectivity index (χ0) is 18.3. The van der Waals surface area contributed by atoms with Crippen molar-refractivity contribution in [1.82, 2.24) is 10.2 Å². The van der Waals surface area contributed by atoms with Crippen LogP contribution < -0.4 is 11.1 Å². The molecule has 2 saturated carbocycles. The summed E-state index contributed by atoms with van der Waals surface area (Å²) in [7, 11) is 4.02. The van der Waals surface area contributed by atoms with Crippen molar-refractivity contribution in [1.29, 1.82) is 0 Å². The molecule has 1 heterocycles. The van der Waals surface area contributed by atoms with Gasteiger partial charge in [-0.15, -0.1) is 0 Å². The zero-order valence-corrected chi connectivity index (χ0v) is 15.7. The minimum Gasteiger partial charge on any atom is -0.451 e. The fourth-order valence-corrected chi connectivity index (χ4v) is 5.00. The second-order valence-corrected chi connectivity index (χ2v) is 8.33. The van der Waals surface area contributed by atoms with Crippen LogP contribution >= 0.6 is 0 Å². The molecule has 0 spiro atoms. The van der Waals surface area contributed by atoms with E-state index in [9.17, 15) is 4.79 Å². The van der Waals surface area contributed by atoms with Gasteiger partial charge in [0.1, 0.15) is 5.58 Å². The predicted octanol–water partition coefficient (Wildman–Crippen LogP) is 3.13. The molecule has 0 aliphatic heterocycles. The Hall–Kier alpha value is -1.85. The number of fused-ring (bicyclic) bond motifs is 3. The smallest absolute Gasteiger partial charge is 0.287 e. The fraction of sp³-hybridized carbons (Fsp3) is 0.571. The minimum absolute atomic E-state index is 0.0737. The Morgan fingerprint density at radius 3 is 2.62 bits per heavy atom. The molecule has 1 amide bonds. The molecule has 2 aliphatic rings. The van der Waals surface area contributed by atoms with Gasteiger partial charge in [-0.1, -0.05) is 24.6 Å². The first kappa shape index (κ1) is 17.6. The molecule has 2 atom stereocenters. The number of carbonyl (C=O) groups excluding carboxylic acids is 1. The lowest BCUT2D eigenvalue weighted by Gasteiger charge is -2.45. The van der Waals surface area contributed by atoms with E-state index < -0.39 is 0 Å². The van der Waals surface area contributed by atoms with E-state index in [1.165, 1.54) is 19.3 Å². The molecule has 2 fully saturated rings. The number of benzene rings is 1. The number of nitrogens with one attached hydrogen (secondary N) is 1. The molecule has 26 heavy (non-hydrogen) atoms. The van der Waals surface area contributed by atoms with E-state index in [0.717, 1.165) is 29.4 Å². The maximum Gasteiger partial charge on any atom is 0.287 e. The van der Waals surface area contributed by atoms with Crippen LogP contribution in [0.15, 0.2) is 28.7 Å². The normalized spacial score (nSPS) is 28.5. The van der Waals surface area contributed by atoms with Gasteiger partial charge in [0.15, 0.2) is 5.76 Å². The molecular weight excluding hydrogens is 326 g/mol. The predicted molar refractivity (Wildman–Crippen MR) is 103 cm³/mol. The van der Waals surface area contributed by atoms with Crippen molar-refractivity contribution in [3.63, 3.8) is 0 Å². The van der Waals surface area contributed by atoms with Gasteiger partial charge in [-0.2, -0.15) is 0 Å². The van der Waals surface area contributed by atoms with Crippen molar-refractivity contribution in [2.75, 3.05) is 14.1 Å². The van der Waals surface area contributed by atoms with Crippen LogP contribution in [0, 0.1) is 11.8 Å². The first-order valence-electron chi connectivity index (χ1n) is 9.74. The maximum absolute atomic E-state index is 13.1. The Bertz CT molecular complexity index is 784. The van der Waals surface area contributed by atoms with Crippen LogP contribution in [0.4, 0.5) is 0 Å². The van der Waals surface area contributed by atoms with E-state index in [0.29, 0.717) is 24.1 Å². The number of nitrogens with two attached hydrogens (primary N) is 1. The molecule has 0 radical (unpaired) electrons. The lowest BCUT2D eigenvalue weighted by atomic mass is 9.67. The molecule has 1 aromatic heterocycles.